The van der Waals surface area contributed by atoms with E-state index in [1.165, 1.54) is 0 Å². The molecule has 0 saturated carbocycles. The highest BCUT2D eigenvalue weighted by Crippen LogP contribution is 2.23. The molecule has 0 aliphatic rings. The van der Waals surface area contributed by atoms with E-state index < -0.39 is 0 Å². The Kier molecular flexibility index (Phi) is 2.96. The van der Waals surface area contributed by atoms with Crippen LogP contribution >= 0.6 is 0 Å². The van der Waals surface area contributed by atoms with Crippen LogP contribution < -0.4 is 5.73 Å². The molecule has 0 radical (unpaired) electrons. The maximum absolute atomic E-state index is 5.66. The Bertz CT molecular complexity index is 504. The molecule has 0 atom stereocenters. The van der Waals surface area contributed by atoms with Crippen LogP contribution in [0.25, 0.3) is 0 Å². The van der Waals surface area contributed by atoms with E-state index in [0.717, 1.165) is 22.6 Å². The van der Waals surface area contributed by atoms with Gasteiger partial charge in [-0.2, -0.15) is 10.2 Å². The van der Waals surface area contributed by atoms with Crippen molar-refractivity contribution in [1.82, 2.24) is 0 Å². The van der Waals surface area contributed by atoms with Gasteiger partial charge in [0.15, 0.2) is 0 Å². The summed E-state index contributed by atoms with van der Waals surface area (Å²) >= 11 is 0. The lowest BCUT2D eigenvalue weighted by atomic mass is 10.2. The summed E-state index contributed by atoms with van der Waals surface area (Å²) < 4.78 is 0. The van der Waals surface area contributed by atoms with Crippen LogP contribution in [0.1, 0.15) is 5.56 Å². The zero-order valence-electron chi connectivity index (χ0n) is 9.09. The van der Waals surface area contributed by atoms with Crippen LogP contribution in [-0.4, -0.2) is 0 Å². The first-order chi connectivity index (χ1) is 7.75. The number of anilines is 1. The fourth-order valence-corrected chi connectivity index (χ4v) is 1.40. The van der Waals surface area contributed by atoms with Crippen molar-refractivity contribution in [2.75, 3.05) is 5.73 Å². The van der Waals surface area contributed by atoms with E-state index in [0.29, 0.717) is 0 Å². The molecule has 2 rings (SSSR count). The highest BCUT2D eigenvalue weighted by molar-refractivity contribution is 5.54. The molecular weight excluding hydrogens is 198 g/mol. The minimum Gasteiger partial charge on any atom is -0.399 e. The summed E-state index contributed by atoms with van der Waals surface area (Å²) in [6, 6.07) is 15.2. The molecule has 0 bridgehead atoms. The molecule has 2 N–H and O–H groups in total. The van der Waals surface area contributed by atoms with E-state index in [2.05, 4.69) is 10.2 Å². The number of rotatable bonds is 2. The van der Waals surface area contributed by atoms with E-state index in [-0.39, 0.29) is 0 Å². The number of benzene rings is 2. The van der Waals surface area contributed by atoms with Gasteiger partial charge in [0.1, 0.15) is 0 Å². The highest BCUT2D eigenvalue weighted by Gasteiger charge is 1.96. The lowest BCUT2D eigenvalue weighted by Gasteiger charge is -1.99. The van der Waals surface area contributed by atoms with Gasteiger partial charge in [-0.3, -0.25) is 0 Å². The van der Waals surface area contributed by atoms with Crippen LogP contribution in [0.2, 0.25) is 0 Å². The topological polar surface area (TPSA) is 50.7 Å². The largest absolute Gasteiger partial charge is 0.399 e. The smallest absolute Gasteiger partial charge is 0.0887 e. The summed E-state index contributed by atoms with van der Waals surface area (Å²) in [5.41, 5.74) is 9.13. The van der Waals surface area contributed by atoms with Gasteiger partial charge in [-0.1, -0.05) is 18.2 Å². The van der Waals surface area contributed by atoms with Gasteiger partial charge in [0, 0.05) is 5.69 Å². The predicted octanol–water partition coefficient (Wildman–Crippen LogP) is 3.99. The monoisotopic (exact) mass is 211 g/mol. The lowest BCUT2D eigenvalue weighted by Crippen LogP contribution is -1.84. The van der Waals surface area contributed by atoms with Gasteiger partial charge in [0.25, 0.3) is 0 Å². The fourth-order valence-electron chi connectivity index (χ4n) is 1.40. The summed E-state index contributed by atoms with van der Waals surface area (Å²) in [5.74, 6) is 0. The first-order valence-corrected chi connectivity index (χ1v) is 5.08. The summed E-state index contributed by atoms with van der Waals surface area (Å²) in [4.78, 5) is 0. The summed E-state index contributed by atoms with van der Waals surface area (Å²) in [6.45, 7) is 1.97. The van der Waals surface area contributed by atoms with E-state index in [4.69, 9.17) is 5.73 Å². The molecule has 3 nitrogen and oxygen atoms in total. The SMILES string of the molecule is Cc1cc(N)ccc1N=Nc1ccccc1. The normalized spacial score (nSPS) is 10.8. The fraction of sp³-hybridized carbons (Fsp3) is 0.0769. The first-order valence-electron chi connectivity index (χ1n) is 5.08. The van der Waals surface area contributed by atoms with Crippen molar-refractivity contribution in [3.05, 3.63) is 54.1 Å². The second kappa shape index (κ2) is 4.57. The third kappa shape index (κ3) is 2.45. The third-order valence-corrected chi connectivity index (χ3v) is 2.25. The number of azo groups is 1. The maximum Gasteiger partial charge on any atom is 0.0887 e. The van der Waals surface area contributed by atoms with Crippen molar-refractivity contribution in [3.8, 4) is 0 Å². The van der Waals surface area contributed by atoms with E-state index in [9.17, 15) is 0 Å². The van der Waals surface area contributed by atoms with Crippen LogP contribution in [0.5, 0.6) is 0 Å². The third-order valence-electron chi connectivity index (χ3n) is 2.25. The maximum atomic E-state index is 5.66. The number of hydrogen-bond acceptors (Lipinski definition) is 3. The van der Waals surface area contributed by atoms with Crippen LogP contribution in [0.3, 0.4) is 0 Å². The van der Waals surface area contributed by atoms with Crippen molar-refractivity contribution in [3.63, 3.8) is 0 Å². The Morgan fingerprint density at radius 3 is 2.38 bits per heavy atom. The number of aryl methyl sites for hydroxylation is 1. The van der Waals surface area contributed by atoms with Gasteiger partial charge >= 0.3 is 0 Å². The van der Waals surface area contributed by atoms with Crippen LogP contribution in [-0.2, 0) is 0 Å². The second-order valence-corrected chi connectivity index (χ2v) is 3.58. The van der Waals surface area contributed by atoms with Gasteiger partial charge in [0.2, 0.25) is 0 Å². The summed E-state index contributed by atoms with van der Waals surface area (Å²) in [6.07, 6.45) is 0. The molecule has 0 unspecified atom stereocenters. The number of nitrogens with zero attached hydrogens (tertiary/aromatic N) is 2. The standard InChI is InChI=1S/C13H13N3/c1-10-9-11(14)7-8-13(10)16-15-12-5-3-2-4-6-12/h2-9H,14H2,1H3. The van der Waals surface area contributed by atoms with E-state index in [1.807, 2.05) is 55.5 Å². The Morgan fingerprint density at radius 1 is 0.938 bits per heavy atom. The Balaban J connectivity index is 2.24. The molecule has 0 aliphatic carbocycles. The predicted molar refractivity (Wildman–Crippen MR) is 66.2 cm³/mol. The average molecular weight is 211 g/mol. The molecule has 3 heteroatoms. The Hall–Kier alpha value is -2.16. The zero-order valence-corrected chi connectivity index (χ0v) is 9.09. The molecule has 0 saturated heterocycles. The van der Waals surface area contributed by atoms with Crippen LogP contribution in [0.15, 0.2) is 58.8 Å². The van der Waals surface area contributed by atoms with E-state index in [1.54, 1.807) is 0 Å². The Labute approximate surface area is 94.6 Å². The highest BCUT2D eigenvalue weighted by atomic mass is 15.1. The summed E-state index contributed by atoms with van der Waals surface area (Å²) in [5, 5.41) is 8.34. The quantitative estimate of drug-likeness (QED) is 0.592. The van der Waals surface area contributed by atoms with Gasteiger partial charge in [0.05, 0.1) is 11.4 Å². The van der Waals surface area contributed by atoms with Crippen LogP contribution in [0, 0.1) is 6.92 Å². The number of nitrogen functional groups attached to an aromatic ring is 1. The average Bonchev–Trinajstić information content (AvgIpc) is 2.29. The van der Waals surface area contributed by atoms with Crippen molar-refractivity contribution >= 4 is 17.1 Å². The van der Waals surface area contributed by atoms with Crippen molar-refractivity contribution in [2.45, 2.75) is 6.92 Å². The minimum absolute atomic E-state index is 0.746. The molecule has 16 heavy (non-hydrogen) atoms. The van der Waals surface area contributed by atoms with Crippen molar-refractivity contribution in [1.29, 1.82) is 0 Å². The molecule has 0 aliphatic heterocycles. The number of nitrogens with two attached hydrogens (primary N) is 1. The molecule has 0 spiro atoms. The molecular formula is C13H13N3. The molecule has 0 fully saturated rings. The zero-order chi connectivity index (χ0) is 11.4. The first kappa shape index (κ1) is 10.4. The molecule has 2 aromatic rings. The van der Waals surface area contributed by atoms with Gasteiger partial charge in [-0.25, -0.2) is 0 Å². The number of hydrogen-bond donors (Lipinski definition) is 1. The molecule has 0 heterocycles. The van der Waals surface area contributed by atoms with Crippen molar-refractivity contribution in [2.24, 2.45) is 10.2 Å². The van der Waals surface area contributed by atoms with Crippen molar-refractivity contribution < 1.29 is 0 Å². The van der Waals surface area contributed by atoms with Gasteiger partial charge in [-0.15, -0.1) is 0 Å². The Morgan fingerprint density at radius 2 is 1.69 bits per heavy atom. The lowest BCUT2D eigenvalue weighted by molar-refractivity contribution is 1.21. The minimum atomic E-state index is 0.746. The molecule has 0 aromatic heterocycles. The molecule has 80 valence electrons. The van der Waals surface area contributed by atoms with Crippen LogP contribution in [0.4, 0.5) is 17.1 Å². The second-order valence-electron chi connectivity index (χ2n) is 3.58. The van der Waals surface area contributed by atoms with Gasteiger partial charge < -0.3 is 5.73 Å². The molecule has 2 aromatic carbocycles. The van der Waals surface area contributed by atoms with E-state index >= 15 is 0 Å². The van der Waals surface area contributed by atoms with Gasteiger partial charge in [-0.05, 0) is 42.8 Å². The molecule has 0 amide bonds. The summed E-state index contributed by atoms with van der Waals surface area (Å²) in [7, 11) is 0.